The van der Waals surface area contributed by atoms with Crippen molar-refractivity contribution in [2.75, 3.05) is 36.1 Å². The van der Waals surface area contributed by atoms with Crippen molar-refractivity contribution in [2.45, 2.75) is 40.2 Å². The highest BCUT2D eigenvalue weighted by molar-refractivity contribution is 5.96. The van der Waals surface area contributed by atoms with E-state index in [4.69, 9.17) is 10.5 Å². The number of carbonyl (C=O) groups excluding carboxylic acids is 2. The number of benzene rings is 1. The first-order valence-electron chi connectivity index (χ1n) is 10.5. The van der Waals surface area contributed by atoms with Gasteiger partial charge in [-0.3, -0.25) is 19.1 Å². The standard InChI is InChI=1S/C22H31N5O5/c1-5-6-10-26(18-19(23)27(12-14(2)3)22(31)25-20(18)29)13-17(28)24-16-9-7-8-15(11-16)21(30)32-4/h7-9,11,14H,5-6,10,12-13,23H2,1-4H3,(H,24,28)(H,25,29,31). The second-order valence-electron chi connectivity index (χ2n) is 7.89. The summed E-state index contributed by atoms with van der Waals surface area (Å²) in [7, 11) is 1.28. The van der Waals surface area contributed by atoms with Gasteiger partial charge in [0, 0.05) is 18.8 Å². The van der Waals surface area contributed by atoms with E-state index >= 15 is 0 Å². The number of rotatable bonds is 10. The molecule has 1 aromatic carbocycles. The molecule has 0 aliphatic heterocycles. The van der Waals surface area contributed by atoms with E-state index in [1.165, 1.54) is 17.7 Å². The van der Waals surface area contributed by atoms with Gasteiger partial charge in [0.2, 0.25) is 5.91 Å². The van der Waals surface area contributed by atoms with Gasteiger partial charge in [0.25, 0.3) is 5.56 Å². The molecule has 0 saturated carbocycles. The van der Waals surface area contributed by atoms with E-state index in [9.17, 15) is 19.2 Å². The summed E-state index contributed by atoms with van der Waals surface area (Å²) in [6.45, 7) is 6.43. The summed E-state index contributed by atoms with van der Waals surface area (Å²) >= 11 is 0. The maximum absolute atomic E-state index is 12.8. The van der Waals surface area contributed by atoms with E-state index in [1.54, 1.807) is 23.1 Å². The van der Waals surface area contributed by atoms with Crippen LogP contribution in [0.15, 0.2) is 33.9 Å². The Labute approximate surface area is 186 Å². The summed E-state index contributed by atoms with van der Waals surface area (Å²) < 4.78 is 6.02. The molecule has 2 aromatic rings. The molecule has 0 aliphatic rings. The third-order valence-electron chi connectivity index (χ3n) is 4.76. The lowest BCUT2D eigenvalue weighted by Gasteiger charge is -2.26. The number of nitrogens with two attached hydrogens (primary N) is 1. The smallest absolute Gasteiger partial charge is 0.337 e. The summed E-state index contributed by atoms with van der Waals surface area (Å²) in [5.41, 5.74) is 5.82. The molecular weight excluding hydrogens is 414 g/mol. The molecule has 1 heterocycles. The van der Waals surface area contributed by atoms with Crippen LogP contribution >= 0.6 is 0 Å². The zero-order valence-electron chi connectivity index (χ0n) is 18.9. The van der Waals surface area contributed by atoms with Gasteiger partial charge in [-0.15, -0.1) is 0 Å². The topological polar surface area (TPSA) is 140 Å². The Morgan fingerprint density at radius 1 is 1.28 bits per heavy atom. The number of nitrogens with zero attached hydrogens (tertiary/aromatic N) is 2. The number of ether oxygens (including phenoxy) is 1. The summed E-state index contributed by atoms with van der Waals surface area (Å²) in [4.78, 5) is 53.2. The van der Waals surface area contributed by atoms with E-state index in [-0.39, 0.29) is 24.0 Å². The molecule has 0 atom stereocenters. The molecule has 0 fully saturated rings. The molecule has 0 saturated heterocycles. The molecule has 0 bridgehead atoms. The van der Waals surface area contributed by atoms with Crippen molar-refractivity contribution in [3.8, 4) is 0 Å². The Hall–Kier alpha value is -3.56. The Morgan fingerprint density at radius 3 is 2.62 bits per heavy atom. The molecule has 174 valence electrons. The van der Waals surface area contributed by atoms with Crippen molar-refractivity contribution in [1.29, 1.82) is 0 Å². The molecule has 10 heteroatoms. The van der Waals surface area contributed by atoms with Crippen LogP contribution in [0.3, 0.4) is 0 Å². The number of H-pyrrole nitrogens is 1. The van der Waals surface area contributed by atoms with Crippen molar-refractivity contribution >= 4 is 29.1 Å². The van der Waals surface area contributed by atoms with Crippen LogP contribution in [-0.4, -0.2) is 41.6 Å². The van der Waals surface area contributed by atoms with Gasteiger partial charge in [-0.2, -0.15) is 0 Å². The SMILES string of the molecule is CCCCN(CC(=O)Nc1cccc(C(=O)OC)c1)c1c(N)n(CC(C)C)c(=O)[nH]c1=O. The first-order valence-corrected chi connectivity index (χ1v) is 10.5. The zero-order valence-corrected chi connectivity index (χ0v) is 18.9. The number of nitrogens with one attached hydrogen (secondary N) is 2. The number of nitrogen functional groups attached to an aromatic ring is 1. The largest absolute Gasteiger partial charge is 0.465 e. The second-order valence-corrected chi connectivity index (χ2v) is 7.89. The average Bonchev–Trinajstić information content (AvgIpc) is 2.74. The number of hydrogen-bond donors (Lipinski definition) is 3. The van der Waals surface area contributed by atoms with Gasteiger partial charge in [0.15, 0.2) is 0 Å². The molecular formula is C22H31N5O5. The lowest BCUT2D eigenvalue weighted by molar-refractivity contribution is -0.115. The fourth-order valence-electron chi connectivity index (χ4n) is 3.26. The van der Waals surface area contributed by atoms with Crippen LogP contribution in [0.1, 0.15) is 44.0 Å². The van der Waals surface area contributed by atoms with Gasteiger partial charge in [0.1, 0.15) is 11.5 Å². The second kappa shape index (κ2) is 11.2. The Balaban J connectivity index is 2.33. The number of methoxy groups -OCH3 is 1. The number of hydrogen-bond acceptors (Lipinski definition) is 7. The highest BCUT2D eigenvalue weighted by Crippen LogP contribution is 2.19. The third-order valence-corrected chi connectivity index (χ3v) is 4.76. The predicted molar refractivity (Wildman–Crippen MR) is 124 cm³/mol. The fraction of sp³-hybridized carbons (Fsp3) is 0.455. The number of anilines is 3. The highest BCUT2D eigenvalue weighted by atomic mass is 16.5. The molecule has 1 aromatic heterocycles. The number of carbonyl (C=O) groups is 2. The van der Waals surface area contributed by atoms with Crippen LogP contribution in [0, 0.1) is 5.92 Å². The van der Waals surface area contributed by atoms with Crippen molar-refractivity contribution in [2.24, 2.45) is 5.92 Å². The number of unbranched alkanes of at least 4 members (excludes halogenated alkanes) is 1. The Kier molecular flexibility index (Phi) is 8.62. The summed E-state index contributed by atoms with van der Waals surface area (Å²) in [6.07, 6.45) is 1.55. The normalized spacial score (nSPS) is 10.8. The predicted octanol–water partition coefficient (Wildman–Crippen LogP) is 1.81. The molecule has 10 nitrogen and oxygen atoms in total. The zero-order chi connectivity index (χ0) is 23.8. The number of esters is 1. The summed E-state index contributed by atoms with van der Waals surface area (Å²) in [5.74, 6) is -0.756. The molecule has 0 radical (unpaired) electrons. The number of aromatic nitrogens is 2. The number of amides is 1. The molecule has 1 amide bonds. The van der Waals surface area contributed by atoms with Crippen LogP contribution in [-0.2, 0) is 16.1 Å². The van der Waals surface area contributed by atoms with E-state index in [0.29, 0.717) is 30.8 Å². The lowest BCUT2D eigenvalue weighted by atomic mass is 10.2. The summed E-state index contributed by atoms with van der Waals surface area (Å²) in [6, 6.07) is 6.35. The van der Waals surface area contributed by atoms with Crippen molar-refractivity contribution < 1.29 is 14.3 Å². The van der Waals surface area contributed by atoms with E-state index in [2.05, 4.69) is 10.3 Å². The minimum absolute atomic E-state index is 0.0315. The maximum atomic E-state index is 12.8. The molecule has 4 N–H and O–H groups in total. The minimum atomic E-state index is -0.635. The molecule has 0 spiro atoms. The fourth-order valence-corrected chi connectivity index (χ4v) is 3.26. The van der Waals surface area contributed by atoms with Crippen LogP contribution in [0.5, 0.6) is 0 Å². The molecule has 32 heavy (non-hydrogen) atoms. The van der Waals surface area contributed by atoms with Crippen molar-refractivity contribution in [1.82, 2.24) is 9.55 Å². The third kappa shape index (κ3) is 6.22. The van der Waals surface area contributed by atoms with Gasteiger partial charge < -0.3 is 20.7 Å². The number of aromatic amines is 1. The van der Waals surface area contributed by atoms with E-state index < -0.39 is 23.1 Å². The monoisotopic (exact) mass is 445 g/mol. The Bertz CT molecular complexity index is 1070. The van der Waals surface area contributed by atoms with Crippen LogP contribution in [0.2, 0.25) is 0 Å². The lowest BCUT2D eigenvalue weighted by Crippen LogP contribution is -2.42. The minimum Gasteiger partial charge on any atom is -0.465 e. The van der Waals surface area contributed by atoms with Gasteiger partial charge >= 0.3 is 11.7 Å². The quantitative estimate of drug-likeness (QED) is 0.474. The van der Waals surface area contributed by atoms with Crippen LogP contribution < -0.4 is 27.2 Å². The van der Waals surface area contributed by atoms with Gasteiger partial charge in [-0.25, -0.2) is 9.59 Å². The highest BCUT2D eigenvalue weighted by Gasteiger charge is 2.21. The molecule has 0 aliphatic carbocycles. The first kappa shape index (κ1) is 24.7. The van der Waals surface area contributed by atoms with E-state index in [1.807, 2.05) is 20.8 Å². The van der Waals surface area contributed by atoms with Gasteiger partial charge in [0.05, 0.1) is 19.2 Å². The maximum Gasteiger partial charge on any atom is 0.337 e. The molecule has 0 unspecified atom stereocenters. The van der Waals surface area contributed by atoms with Crippen LogP contribution in [0.25, 0.3) is 0 Å². The Morgan fingerprint density at radius 2 is 2.00 bits per heavy atom. The van der Waals surface area contributed by atoms with E-state index in [0.717, 1.165) is 6.42 Å². The average molecular weight is 446 g/mol. The summed E-state index contributed by atoms with van der Waals surface area (Å²) in [5, 5.41) is 2.73. The van der Waals surface area contributed by atoms with Crippen LogP contribution in [0.4, 0.5) is 17.2 Å². The first-order chi connectivity index (χ1) is 15.2. The van der Waals surface area contributed by atoms with Gasteiger partial charge in [-0.1, -0.05) is 33.3 Å². The van der Waals surface area contributed by atoms with Gasteiger partial charge in [-0.05, 0) is 30.5 Å². The van der Waals surface area contributed by atoms with Crippen molar-refractivity contribution in [3.63, 3.8) is 0 Å². The molecule has 2 rings (SSSR count). The van der Waals surface area contributed by atoms with Crippen molar-refractivity contribution in [3.05, 3.63) is 50.7 Å².